The number of hydrogen-bond acceptors (Lipinski definition) is 2. The number of hydrogen-bond donors (Lipinski definition) is 1. The van der Waals surface area contributed by atoms with Gasteiger partial charge in [-0.25, -0.2) is 0 Å². The second-order valence-corrected chi connectivity index (χ2v) is 5.13. The van der Waals surface area contributed by atoms with Crippen LogP contribution in [0.2, 0.25) is 0 Å². The molecule has 1 rings (SSSR count). The topological polar surface area (TPSA) is 29.3 Å². The summed E-state index contributed by atoms with van der Waals surface area (Å²) >= 11 is 0. The Bertz CT molecular complexity index is 156. The zero-order valence-electron chi connectivity index (χ0n) is 10.00. The molecule has 1 aliphatic rings. The van der Waals surface area contributed by atoms with Crippen molar-refractivity contribution in [3.05, 3.63) is 0 Å². The summed E-state index contributed by atoms with van der Waals surface area (Å²) in [5, 5.41) is 0. The third-order valence-electron chi connectivity index (χ3n) is 3.24. The van der Waals surface area contributed by atoms with Gasteiger partial charge >= 0.3 is 0 Å². The maximum Gasteiger partial charge on any atom is 0.00767 e. The van der Waals surface area contributed by atoms with Gasteiger partial charge in [-0.3, -0.25) is 0 Å². The smallest absolute Gasteiger partial charge is 0.00767 e. The van der Waals surface area contributed by atoms with E-state index in [4.69, 9.17) is 5.73 Å². The third-order valence-corrected chi connectivity index (χ3v) is 3.24. The molecule has 0 amide bonds. The first-order chi connectivity index (χ1) is 6.63. The van der Waals surface area contributed by atoms with Crippen LogP contribution in [0.3, 0.4) is 0 Å². The molecule has 84 valence electrons. The molecule has 0 saturated carbocycles. The lowest BCUT2D eigenvalue weighted by molar-refractivity contribution is 0.142. The minimum absolute atomic E-state index is 0.421. The van der Waals surface area contributed by atoms with Crippen LogP contribution in [0, 0.1) is 11.8 Å². The van der Waals surface area contributed by atoms with Crippen LogP contribution in [0.4, 0.5) is 0 Å². The summed E-state index contributed by atoms with van der Waals surface area (Å²) in [4.78, 5) is 2.59. The average Bonchev–Trinajstić information content (AvgIpc) is 2.16. The van der Waals surface area contributed by atoms with Crippen molar-refractivity contribution in [1.82, 2.24) is 4.90 Å². The molecule has 2 N–H and O–H groups in total. The molecule has 0 bridgehead atoms. The molecule has 1 heterocycles. The fourth-order valence-electron chi connectivity index (χ4n) is 2.46. The number of rotatable bonds is 4. The Kier molecular flexibility index (Phi) is 4.90. The molecule has 0 spiro atoms. The molecule has 0 aliphatic carbocycles. The maximum atomic E-state index is 6.11. The number of nitrogens with zero attached hydrogens (tertiary/aromatic N) is 1. The predicted octanol–water partition coefficient (Wildman–Crippen LogP) is 2.09. The van der Waals surface area contributed by atoms with Crippen molar-refractivity contribution in [2.75, 3.05) is 19.6 Å². The van der Waals surface area contributed by atoms with Crippen LogP contribution >= 0.6 is 0 Å². The van der Waals surface area contributed by atoms with Gasteiger partial charge in [0, 0.05) is 19.1 Å². The van der Waals surface area contributed by atoms with E-state index in [9.17, 15) is 0 Å². The molecule has 0 aromatic rings. The van der Waals surface area contributed by atoms with Gasteiger partial charge in [0.05, 0.1) is 0 Å². The lowest BCUT2D eigenvalue weighted by Gasteiger charge is -2.36. The van der Waals surface area contributed by atoms with E-state index in [0.29, 0.717) is 6.04 Å². The Labute approximate surface area is 88.8 Å². The molecule has 1 aliphatic heterocycles. The number of likely N-dealkylation sites (tertiary alicyclic amines) is 1. The number of piperidine rings is 1. The molecule has 2 heteroatoms. The monoisotopic (exact) mass is 198 g/mol. The summed E-state index contributed by atoms with van der Waals surface area (Å²) in [6, 6.07) is 0.421. The van der Waals surface area contributed by atoms with Gasteiger partial charge in [-0.1, -0.05) is 20.8 Å². The molecular weight excluding hydrogens is 172 g/mol. The molecule has 0 aromatic heterocycles. The van der Waals surface area contributed by atoms with E-state index in [-0.39, 0.29) is 0 Å². The lowest BCUT2D eigenvalue weighted by atomic mass is 9.89. The third kappa shape index (κ3) is 3.58. The predicted molar refractivity (Wildman–Crippen MR) is 62.3 cm³/mol. The fraction of sp³-hybridized carbons (Fsp3) is 1.00. The van der Waals surface area contributed by atoms with Crippen molar-refractivity contribution in [3.8, 4) is 0 Å². The van der Waals surface area contributed by atoms with E-state index < -0.39 is 0 Å². The van der Waals surface area contributed by atoms with E-state index in [0.717, 1.165) is 18.3 Å². The van der Waals surface area contributed by atoms with Crippen LogP contribution in [-0.2, 0) is 0 Å². The first kappa shape index (κ1) is 12.0. The Balaban J connectivity index is 2.35. The van der Waals surface area contributed by atoms with Gasteiger partial charge in [-0.05, 0) is 37.6 Å². The summed E-state index contributed by atoms with van der Waals surface area (Å²) in [6.07, 6.45) is 3.80. The van der Waals surface area contributed by atoms with E-state index in [2.05, 4.69) is 25.7 Å². The first-order valence-corrected chi connectivity index (χ1v) is 6.11. The summed E-state index contributed by atoms with van der Waals surface area (Å²) in [5.41, 5.74) is 6.11. The minimum Gasteiger partial charge on any atom is -0.327 e. The fourth-order valence-corrected chi connectivity index (χ4v) is 2.46. The van der Waals surface area contributed by atoms with Gasteiger partial charge in [0.1, 0.15) is 0 Å². The molecule has 2 atom stereocenters. The van der Waals surface area contributed by atoms with Crippen molar-refractivity contribution < 1.29 is 0 Å². The highest BCUT2D eigenvalue weighted by Gasteiger charge is 2.23. The molecule has 2 unspecified atom stereocenters. The van der Waals surface area contributed by atoms with E-state index in [1.807, 2.05) is 0 Å². The SMILES string of the molecule is CCC(N)C1CCCN(CC(C)C)C1. The van der Waals surface area contributed by atoms with Gasteiger partial charge in [-0.2, -0.15) is 0 Å². The Morgan fingerprint density at radius 2 is 2.14 bits per heavy atom. The summed E-state index contributed by atoms with van der Waals surface area (Å²) < 4.78 is 0. The zero-order chi connectivity index (χ0) is 10.6. The maximum absolute atomic E-state index is 6.11. The van der Waals surface area contributed by atoms with Gasteiger partial charge in [-0.15, -0.1) is 0 Å². The lowest BCUT2D eigenvalue weighted by Crippen LogP contribution is -2.44. The standard InChI is InChI=1S/C12H26N2/c1-4-12(13)11-6-5-7-14(9-11)8-10(2)3/h10-12H,4-9,13H2,1-3H3. The Morgan fingerprint density at radius 3 is 2.71 bits per heavy atom. The van der Waals surface area contributed by atoms with Crippen LogP contribution in [-0.4, -0.2) is 30.6 Å². The summed E-state index contributed by atoms with van der Waals surface area (Å²) in [7, 11) is 0. The van der Waals surface area contributed by atoms with E-state index in [1.165, 1.54) is 32.5 Å². The second kappa shape index (κ2) is 5.72. The Hall–Kier alpha value is -0.0800. The molecule has 1 fully saturated rings. The van der Waals surface area contributed by atoms with E-state index >= 15 is 0 Å². The van der Waals surface area contributed by atoms with Crippen LogP contribution in [0.5, 0.6) is 0 Å². The van der Waals surface area contributed by atoms with Gasteiger partial charge < -0.3 is 10.6 Å². The molecule has 1 saturated heterocycles. The second-order valence-electron chi connectivity index (χ2n) is 5.13. The van der Waals surface area contributed by atoms with Crippen LogP contribution in [0.1, 0.15) is 40.0 Å². The van der Waals surface area contributed by atoms with Crippen molar-refractivity contribution in [2.45, 2.75) is 46.1 Å². The van der Waals surface area contributed by atoms with Gasteiger partial charge in [0.2, 0.25) is 0 Å². The molecule has 14 heavy (non-hydrogen) atoms. The van der Waals surface area contributed by atoms with Crippen molar-refractivity contribution in [3.63, 3.8) is 0 Å². The molecule has 0 aromatic carbocycles. The normalized spacial score (nSPS) is 26.8. The van der Waals surface area contributed by atoms with E-state index in [1.54, 1.807) is 0 Å². The van der Waals surface area contributed by atoms with Crippen LogP contribution < -0.4 is 5.73 Å². The highest BCUT2D eigenvalue weighted by atomic mass is 15.1. The Morgan fingerprint density at radius 1 is 1.43 bits per heavy atom. The molecule has 0 radical (unpaired) electrons. The number of nitrogens with two attached hydrogens (primary N) is 1. The first-order valence-electron chi connectivity index (χ1n) is 6.11. The highest BCUT2D eigenvalue weighted by molar-refractivity contribution is 4.80. The summed E-state index contributed by atoms with van der Waals surface area (Å²) in [5.74, 6) is 1.53. The molecular formula is C12H26N2. The summed E-state index contributed by atoms with van der Waals surface area (Å²) in [6.45, 7) is 10.5. The van der Waals surface area contributed by atoms with Gasteiger partial charge in [0.15, 0.2) is 0 Å². The van der Waals surface area contributed by atoms with Crippen LogP contribution in [0.15, 0.2) is 0 Å². The van der Waals surface area contributed by atoms with Crippen molar-refractivity contribution >= 4 is 0 Å². The molecule has 2 nitrogen and oxygen atoms in total. The quantitative estimate of drug-likeness (QED) is 0.749. The van der Waals surface area contributed by atoms with Crippen LogP contribution in [0.25, 0.3) is 0 Å². The zero-order valence-corrected chi connectivity index (χ0v) is 10.00. The minimum atomic E-state index is 0.421. The van der Waals surface area contributed by atoms with Crippen molar-refractivity contribution in [2.24, 2.45) is 17.6 Å². The average molecular weight is 198 g/mol. The van der Waals surface area contributed by atoms with Gasteiger partial charge in [0.25, 0.3) is 0 Å². The van der Waals surface area contributed by atoms with Crippen molar-refractivity contribution in [1.29, 1.82) is 0 Å². The highest BCUT2D eigenvalue weighted by Crippen LogP contribution is 2.20. The largest absolute Gasteiger partial charge is 0.327 e.